The van der Waals surface area contributed by atoms with Crippen LogP contribution in [-0.4, -0.2) is 17.0 Å². The Balaban J connectivity index is 2.00. The quantitative estimate of drug-likeness (QED) is 0.798. The molecule has 19 heavy (non-hydrogen) atoms. The van der Waals surface area contributed by atoms with Gasteiger partial charge in [0.1, 0.15) is 11.3 Å². The number of hydrazine groups is 1. The predicted molar refractivity (Wildman–Crippen MR) is 67.4 cm³/mol. The van der Waals surface area contributed by atoms with E-state index in [-0.39, 0.29) is 5.91 Å². The highest BCUT2D eigenvalue weighted by Gasteiger charge is 2.17. The van der Waals surface area contributed by atoms with Crippen LogP contribution in [0.2, 0.25) is 0 Å². The molecular formula is C13H13N3O3. The molecule has 0 atom stereocenters. The molecule has 0 bridgehead atoms. The van der Waals surface area contributed by atoms with Gasteiger partial charge in [0, 0.05) is 5.56 Å². The minimum absolute atomic E-state index is 0.327. The standard InChI is InChI=1S/C13H13N3O3/c1-8-11(9(2)19-16-8)13(18)15-14-12(17)10-6-4-3-5-7-10/h3-7H,1-2H3,(H,14,17)(H,15,18). The number of carbonyl (C=O) groups excluding carboxylic acids is 2. The van der Waals surface area contributed by atoms with E-state index in [2.05, 4.69) is 16.0 Å². The van der Waals surface area contributed by atoms with Crippen LogP contribution in [0, 0.1) is 13.8 Å². The maximum atomic E-state index is 11.9. The summed E-state index contributed by atoms with van der Waals surface area (Å²) in [5, 5.41) is 3.67. The SMILES string of the molecule is Cc1noc(C)c1C(=O)NNC(=O)c1ccccc1. The number of aryl methyl sites for hydroxylation is 2. The molecule has 2 N–H and O–H groups in total. The lowest BCUT2D eigenvalue weighted by Crippen LogP contribution is -2.41. The normalized spacial score (nSPS) is 10.0. The molecular weight excluding hydrogens is 246 g/mol. The van der Waals surface area contributed by atoms with Crippen LogP contribution in [0.4, 0.5) is 0 Å². The van der Waals surface area contributed by atoms with Crippen molar-refractivity contribution in [1.82, 2.24) is 16.0 Å². The highest BCUT2D eigenvalue weighted by molar-refractivity contribution is 5.99. The van der Waals surface area contributed by atoms with E-state index in [1.165, 1.54) is 0 Å². The van der Waals surface area contributed by atoms with E-state index >= 15 is 0 Å². The Kier molecular flexibility index (Phi) is 3.61. The number of hydrogen-bond acceptors (Lipinski definition) is 4. The Morgan fingerprint density at radius 3 is 2.26 bits per heavy atom. The van der Waals surface area contributed by atoms with Gasteiger partial charge in [0.15, 0.2) is 0 Å². The maximum absolute atomic E-state index is 11.9. The summed E-state index contributed by atoms with van der Waals surface area (Å²) in [5.74, 6) is -0.440. The van der Waals surface area contributed by atoms with Crippen LogP contribution in [0.3, 0.4) is 0 Å². The van der Waals surface area contributed by atoms with Gasteiger partial charge in [-0.2, -0.15) is 0 Å². The summed E-state index contributed by atoms with van der Waals surface area (Å²) >= 11 is 0. The molecule has 6 nitrogen and oxygen atoms in total. The molecule has 0 saturated carbocycles. The largest absolute Gasteiger partial charge is 0.361 e. The van der Waals surface area contributed by atoms with E-state index in [4.69, 9.17) is 4.52 Å². The lowest BCUT2D eigenvalue weighted by atomic mass is 10.2. The van der Waals surface area contributed by atoms with Crippen molar-refractivity contribution >= 4 is 11.8 Å². The summed E-state index contributed by atoms with van der Waals surface area (Å²) in [6.07, 6.45) is 0. The van der Waals surface area contributed by atoms with Crippen molar-refractivity contribution in [3.63, 3.8) is 0 Å². The summed E-state index contributed by atoms with van der Waals surface area (Å²) in [6, 6.07) is 8.59. The van der Waals surface area contributed by atoms with Crippen molar-refractivity contribution in [2.75, 3.05) is 0 Å². The van der Waals surface area contributed by atoms with E-state index < -0.39 is 5.91 Å². The number of carbonyl (C=O) groups is 2. The van der Waals surface area contributed by atoms with Crippen molar-refractivity contribution in [2.24, 2.45) is 0 Å². The van der Waals surface area contributed by atoms with E-state index in [9.17, 15) is 9.59 Å². The number of rotatable bonds is 2. The summed E-state index contributed by atoms with van der Waals surface area (Å²) in [4.78, 5) is 23.6. The molecule has 6 heteroatoms. The van der Waals surface area contributed by atoms with Crippen molar-refractivity contribution in [3.05, 3.63) is 52.9 Å². The third kappa shape index (κ3) is 2.79. The smallest absolute Gasteiger partial charge is 0.275 e. The first-order valence-electron chi connectivity index (χ1n) is 5.68. The van der Waals surface area contributed by atoms with Gasteiger partial charge in [0.2, 0.25) is 0 Å². The van der Waals surface area contributed by atoms with E-state index in [1.54, 1.807) is 44.2 Å². The molecule has 1 heterocycles. The van der Waals surface area contributed by atoms with Crippen molar-refractivity contribution in [3.8, 4) is 0 Å². The van der Waals surface area contributed by atoms with Gasteiger partial charge < -0.3 is 4.52 Å². The summed E-state index contributed by atoms with van der Waals surface area (Å²) < 4.78 is 4.88. The van der Waals surface area contributed by atoms with Crippen LogP contribution in [0.25, 0.3) is 0 Å². The molecule has 0 spiro atoms. The molecule has 0 saturated heterocycles. The molecule has 0 fully saturated rings. The predicted octanol–water partition coefficient (Wildman–Crippen LogP) is 1.37. The highest BCUT2D eigenvalue weighted by Crippen LogP contribution is 2.11. The maximum Gasteiger partial charge on any atom is 0.275 e. The molecule has 0 aliphatic carbocycles. The first-order chi connectivity index (χ1) is 9.09. The summed E-state index contributed by atoms with van der Waals surface area (Å²) in [6.45, 7) is 3.29. The second-order valence-electron chi connectivity index (χ2n) is 3.97. The van der Waals surface area contributed by atoms with Crippen LogP contribution in [0.5, 0.6) is 0 Å². The Labute approximate surface area is 109 Å². The minimum atomic E-state index is -0.458. The number of amides is 2. The van der Waals surface area contributed by atoms with E-state index in [1.807, 2.05) is 0 Å². The van der Waals surface area contributed by atoms with Crippen LogP contribution in [-0.2, 0) is 0 Å². The second kappa shape index (κ2) is 5.34. The number of nitrogens with zero attached hydrogens (tertiary/aromatic N) is 1. The Morgan fingerprint density at radius 1 is 1.05 bits per heavy atom. The fraction of sp³-hybridized carbons (Fsp3) is 0.154. The molecule has 98 valence electrons. The molecule has 0 aliphatic rings. The number of aromatic nitrogens is 1. The summed E-state index contributed by atoms with van der Waals surface area (Å²) in [5.41, 5.74) is 5.92. The molecule has 2 aromatic rings. The molecule has 0 radical (unpaired) electrons. The van der Waals surface area contributed by atoms with Crippen LogP contribution in [0.15, 0.2) is 34.9 Å². The summed E-state index contributed by atoms with van der Waals surface area (Å²) in [7, 11) is 0. The number of benzene rings is 1. The van der Waals surface area contributed by atoms with Gasteiger partial charge in [-0.3, -0.25) is 20.4 Å². The monoisotopic (exact) mass is 259 g/mol. The van der Waals surface area contributed by atoms with Gasteiger partial charge in [0.25, 0.3) is 11.8 Å². The highest BCUT2D eigenvalue weighted by atomic mass is 16.5. The first-order valence-corrected chi connectivity index (χ1v) is 5.68. The van der Waals surface area contributed by atoms with Gasteiger partial charge in [0.05, 0.1) is 5.69 Å². The number of hydrogen-bond donors (Lipinski definition) is 2. The Bertz CT molecular complexity index is 585. The average molecular weight is 259 g/mol. The van der Waals surface area contributed by atoms with Crippen LogP contribution < -0.4 is 10.9 Å². The lowest BCUT2D eigenvalue weighted by molar-refractivity contribution is 0.0845. The molecule has 2 amide bonds. The topological polar surface area (TPSA) is 84.2 Å². The zero-order valence-corrected chi connectivity index (χ0v) is 10.6. The van der Waals surface area contributed by atoms with E-state index in [0.29, 0.717) is 22.6 Å². The van der Waals surface area contributed by atoms with Crippen molar-refractivity contribution in [2.45, 2.75) is 13.8 Å². The second-order valence-corrected chi connectivity index (χ2v) is 3.97. The fourth-order valence-electron chi connectivity index (χ4n) is 1.64. The zero-order chi connectivity index (χ0) is 13.8. The molecule has 0 aliphatic heterocycles. The average Bonchev–Trinajstić information content (AvgIpc) is 2.76. The van der Waals surface area contributed by atoms with Gasteiger partial charge in [-0.05, 0) is 26.0 Å². The molecule has 2 rings (SSSR count). The third-order valence-electron chi connectivity index (χ3n) is 2.59. The van der Waals surface area contributed by atoms with Crippen molar-refractivity contribution in [1.29, 1.82) is 0 Å². The third-order valence-corrected chi connectivity index (χ3v) is 2.59. The Hall–Kier alpha value is -2.63. The number of nitrogens with one attached hydrogen (secondary N) is 2. The molecule has 0 unspecified atom stereocenters. The van der Waals surface area contributed by atoms with Gasteiger partial charge in [-0.15, -0.1) is 0 Å². The molecule has 1 aromatic carbocycles. The zero-order valence-electron chi connectivity index (χ0n) is 10.6. The van der Waals surface area contributed by atoms with Gasteiger partial charge in [-0.25, -0.2) is 0 Å². The Morgan fingerprint density at radius 2 is 1.68 bits per heavy atom. The first kappa shape index (κ1) is 12.8. The van der Waals surface area contributed by atoms with Gasteiger partial charge in [-0.1, -0.05) is 23.4 Å². The van der Waals surface area contributed by atoms with Crippen molar-refractivity contribution < 1.29 is 14.1 Å². The minimum Gasteiger partial charge on any atom is -0.361 e. The molecule has 1 aromatic heterocycles. The van der Waals surface area contributed by atoms with Gasteiger partial charge >= 0.3 is 0 Å². The van der Waals surface area contributed by atoms with Crippen LogP contribution >= 0.6 is 0 Å². The fourth-order valence-corrected chi connectivity index (χ4v) is 1.64. The lowest BCUT2D eigenvalue weighted by Gasteiger charge is -2.06. The van der Waals surface area contributed by atoms with E-state index in [0.717, 1.165) is 0 Å². The van der Waals surface area contributed by atoms with Crippen LogP contribution in [0.1, 0.15) is 32.2 Å².